The summed E-state index contributed by atoms with van der Waals surface area (Å²) in [6, 6.07) is 0. The van der Waals surface area contributed by atoms with Crippen LogP contribution >= 0.6 is 0 Å². The maximum Gasteiger partial charge on any atom is 0.306 e. The molecule has 0 aromatic rings. The van der Waals surface area contributed by atoms with Crippen LogP contribution in [-0.2, 0) is 38.7 Å². The highest BCUT2D eigenvalue weighted by Crippen LogP contribution is 2.24. The predicted molar refractivity (Wildman–Crippen MR) is 224 cm³/mol. The molecule has 1 aliphatic rings. The quantitative estimate of drug-likeness (QED) is 0.0207. The molecular formula is C44H76O12S. The summed E-state index contributed by atoms with van der Waals surface area (Å²) in [6.07, 6.45) is 30.2. The van der Waals surface area contributed by atoms with E-state index < -0.39 is 71.2 Å². The Bertz CT molecular complexity index is 1250. The molecule has 330 valence electrons. The van der Waals surface area contributed by atoms with Crippen LogP contribution in [0.2, 0.25) is 0 Å². The number of hydrogen-bond acceptors (Lipinski definition) is 11. The summed E-state index contributed by atoms with van der Waals surface area (Å²) in [5.41, 5.74) is 0. The van der Waals surface area contributed by atoms with Crippen LogP contribution in [0.3, 0.4) is 0 Å². The van der Waals surface area contributed by atoms with Crippen molar-refractivity contribution in [3.8, 4) is 0 Å². The minimum absolute atomic E-state index is 0.113. The average molecular weight is 829 g/mol. The van der Waals surface area contributed by atoms with Crippen LogP contribution < -0.4 is 0 Å². The van der Waals surface area contributed by atoms with Gasteiger partial charge in [-0.05, 0) is 77.0 Å². The van der Waals surface area contributed by atoms with Crippen molar-refractivity contribution in [1.82, 2.24) is 0 Å². The number of aliphatic hydroxyl groups excluding tert-OH is 3. The molecule has 0 aromatic carbocycles. The van der Waals surface area contributed by atoms with E-state index in [0.717, 1.165) is 70.6 Å². The minimum Gasteiger partial charge on any atom is -0.462 e. The van der Waals surface area contributed by atoms with Gasteiger partial charge in [0.1, 0.15) is 36.8 Å². The third kappa shape index (κ3) is 29.5. The largest absolute Gasteiger partial charge is 0.462 e. The first-order chi connectivity index (χ1) is 27.5. The van der Waals surface area contributed by atoms with Crippen molar-refractivity contribution in [2.45, 2.75) is 198 Å². The van der Waals surface area contributed by atoms with E-state index in [-0.39, 0.29) is 19.4 Å². The Hall–Kier alpha value is -2.39. The normalized spacial score (nSPS) is 21.0. The molecule has 4 N–H and O–H groups in total. The second-order valence-electron chi connectivity index (χ2n) is 15.0. The lowest BCUT2D eigenvalue weighted by molar-refractivity contribution is -0.297. The molecule has 1 heterocycles. The Kier molecular flexibility index (Phi) is 31.8. The van der Waals surface area contributed by atoms with Crippen molar-refractivity contribution in [2.24, 2.45) is 0 Å². The van der Waals surface area contributed by atoms with Crippen molar-refractivity contribution in [1.29, 1.82) is 0 Å². The molecule has 0 spiro atoms. The van der Waals surface area contributed by atoms with E-state index >= 15 is 0 Å². The number of hydrogen-bond donors (Lipinski definition) is 4. The molecule has 13 heteroatoms. The van der Waals surface area contributed by atoms with Gasteiger partial charge in [0.25, 0.3) is 10.1 Å². The van der Waals surface area contributed by atoms with Gasteiger partial charge in [0.2, 0.25) is 0 Å². The summed E-state index contributed by atoms with van der Waals surface area (Å²) in [6.45, 7) is 3.66. The van der Waals surface area contributed by atoms with E-state index in [9.17, 15) is 37.9 Å². The van der Waals surface area contributed by atoms with Crippen LogP contribution in [0.4, 0.5) is 0 Å². The number of ether oxygens (including phenoxy) is 4. The van der Waals surface area contributed by atoms with Gasteiger partial charge in [-0.1, -0.05) is 120 Å². The number of rotatable bonds is 35. The molecule has 12 nitrogen and oxygen atoms in total. The standard InChI is InChI=1S/C44H76O12S/c1-3-5-7-9-11-13-15-17-19-21-23-25-27-29-31-33-40(46)55-37(35-54-44-43(49)42(48)41(47)38(56-44)36-57(50,51)52)34-53-39(45)32-30-28-26-24-22-20-18-16-14-12-10-8-6-4-2/h11,13,16-19,23,25,37-38,41-44,47-49H,3-10,12,14-15,20-22,24,26-36H2,1-2H3,(H,50,51,52)/b13-11+,18-16+,19-17+,25-23+/t37-,38-,41-,42?,43?,44+/m1/s1. The lowest BCUT2D eigenvalue weighted by Gasteiger charge is -2.40. The van der Waals surface area contributed by atoms with Crippen LogP contribution in [0.1, 0.15) is 162 Å². The van der Waals surface area contributed by atoms with Gasteiger partial charge < -0.3 is 34.3 Å². The fourth-order valence-electron chi connectivity index (χ4n) is 6.21. The number of esters is 2. The van der Waals surface area contributed by atoms with Gasteiger partial charge in [-0.15, -0.1) is 0 Å². The molecule has 1 rings (SSSR count). The number of unbranched alkanes of at least 4 members (excludes halogenated alkanes) is 15. The molecule has 1 saturated heterocycles. The van der Waals surface area contributed by atoms with Crippen molar-refractivity contribution in [3.63, 3.8) is 0 Å². The van der Waals surface area contributed by atoms with Crippen LogP contribution in [0.5, 0.6) is 0 Å². The molecule has 0 saturated carbocycles. The lowest BCUT2D eigenvalue weighted by Crippen LogP contribution is -2.60. The number of allylic oxidation sites excluding steroid dienone is 8. The number of aliphatic hydroxyl groups is 3. The van der Waals surface area contributed by atoms with Crippen molar-refractivity contribution < 1.29 is 56.8 Å². The number of carbonyl (C=O) groups is 2. The SMILES string of the molecule is CCCCC/C=C/C/C=C/C/C=C/CCCCC(=O)O[C@H](COC(=O)CCCCCCC/C=C/CCCCCCC)CO[C@H]1O[C@H](CS(=O)(=O)O)[C@@H](O)C(O)C1O. The van der Waals surface area contributed by atoms with Crippen LogP contribution in [-0.4, -0.2) is 96.0 Å². The second-order valence-corrected chi connectivity index (χ2v) is 16.5. The Balaban J connectivity index is 2.52. The molecular weight excluding hydrogens is 753 g/mol. The fourth-order valence-corrected chi connectivity index (χ4v) is 6.90. The summed E-state index contributed by atoms with van der Waals surface area (Å²) < 4.78 is 53.9. The third-order valence-corrected chi connectivity index (χ3v) is 10.4. The molecule has 57 heavy (non-hydrogen) atoms. The smallest absolute Gasteiger partial charge is 0.306 e. The molecule has 0 aromatic heterocycles. The minimum atomic E-state index is -4.61. The monoisotopic (exact) mass is 829 g/mol. The molecule has 6 atom stereocenters. The topological polar surface area (TPSA) is 186 Å². The fraction of sp³-hybridized carbons (Fsp3) is 0.773. The molecule has 1 fully saturated rings. The van der Waals surface area contributed by atoms with E-state index in [2.05, 4.69) is 62.5 Å². The zero-order chi connectivity index (χ0) is 42.0. The Morgan fingerprint density at radius 1 is 0.596 bits per heavy atom. The Morgan fingerprint density at radius 3 is 1.65 bits per heavy atom. The Labute approximate surface area is 343 Å². The second kappa shape index (κ2) is 34.5. The first-order valence-electron chi connectivity index (χ1n) is 21.7. The molecule has 2 unspecified atom stereocenters. The first kappa shape index (κ1) is 52.6. The molecule has 0 amide bonds. The third-order valence-electron chi connectivity index (χ3n) is 9.63. The van der Waals surface area contributed by atoms with Crippen molar-refractivity contribution in [3.05, 3.63) is 48.6 Å². The zero-order valence-corrected chi connectivity index (χ0v) is 35.7. The molecule has 0 bridgehead atoms. The van der Waals surface area contributed by atoms with E-state index in [1.165, 1.54) is 51.4 Å². The Morgan fingerprint density at radius 2 is 1.05 bits per heavy atom. The zero-order valence-electron chi connectivity index (χ0n) is 34.9. The summed E-state index contributed by atoms with van der Waals surface area (Å²) in [4.78, 5) is 25.3. The van der Waals surface area contributed by atoms with Gasteiger partial charge in [0.05, 0.1) is 6.61 Å². The first-order valence-corrected chi connectivity index (χ1v) is 23.3. The van der Waals surface area contributed by atoms with E-state index in [0.29, 0.717) is 12.8 Å². The summed E-state index contributed by atoms with van der Waals surface area (Å²) >= 11 is 0. The summed E-state index contributed by atoms with van der Waals surface area (Å²) in [5, 5.41) is 30.8. The van der Waals surface area contributed by atoms with E-state index in [4.69, 9.17) is 18.9 Å². The van der Waals surface area contributed by atoms with Gasteiger partial charge in [0, 0.05) is 12.8 Å². The van der Waals surface area contributed by atoms with Crippen LogP contribution in [0.15, 0.2) is 48.6 Å². The average Bonchev–Trinajstić information content (AvgIpc) is 3.17. The number of carbonyl (C=O) groups excluding carboxylic acids is 2. The van der Waals surface area contributed by atoms with Gasteiger partial charge in [-0.3, -0.25) is 14.1 Å². The van der Waals surface area contributed by atoms with Gasteiger partial charge >= 0.3 is 11.9 Å². The molecule has 0 radical (unpaired) electrons. The van der Waals surface area contributed by atoms with Crippen molar-refractivity contribution >= 4 is 22.1 Å². The summed E-state index contributed by atoms with van der Waals surface area (Å²) in [5.74, 6) is -2.05. The highest BCUT2D eigenvalue weighted by molar-refractivity contribution is 7.85. The van der Waals surface area contributed by atoms with E-state index in [1.807, 2.05) is 0 Å². The van der Waals surface area contributed by atoms with Crippen LogP contribution in [0.25, 0.3) is 0 Å². The molecule has 1 aliphatic heterocycles. The predicted octanol–water partition coefficient (Wildman–Crippen LogP) is 8.39. The van der Waals surface area contributed by atoms with Crippen molar-refractivity contribution in [2.75, 3.05) is 19.0 Å². The van der Waals surface area contributed by atoms with Crippen LogP contribution in [0, 0.1) is 0 Å². The maximum absolute atomic E-state index is 12.8. The van der Waals surface area contributed by atoms with E-state index in [1.54, 1.807) is 0 Å². The highest BCUT2D eigenvalue weighted by Gasteiger charge is 2.46. The van der Waals surface area contributed by atoms with Gasteiger partial charge in [-0.2, -0.15) is 8.42 Å². The van der Waals surface area contributed by atoms with Gasteiger partial charge in [0.15, 0.2) is 12.4 Å². The summed E-state index contributed by atoms with van der Waals surface area (Å²) in [7, 11) is -4.61. The van der Waals surface area contributed by atoms with Gasteiger partial charge in [-0.25, -0.2) is 0 Å². The molecule has 0 aliphatic carbocycles. The maximum atomic E-state index is 12.8. The highest BCUT2D eigenvalue weighted by atomic mass is 32.2. The lowest BCUT2D eigenvalue weighted by atomic mass is 10.00.